The van der Waals surface area contributed by atoms with E-state index in [9.17, 15) is 14.4 Å². The van der Waals surface area contributed by atoms with Crippen molar-refractivity contribution in [3.8, 4) is 0 Å². The van der Waals surface area contributed by atoms with Crippen LogP contribution in [0.4, 0.5) is 0 Å². The molecule has 0 saturated carbocycles. The van der Waals surface area contributed by atoms with Crippen molar-refractivity contribution in [1.29, 1.82) is 0 Å². The number of carbonyl (C=O) groups is 3. The molecule has 6 heteroatoms. The molecular formula is C56H86O6. The van der Waals surface area contributed by atoms with E-state index in [2.05, 4.69) is 81.5 Å². The van der Waals surface area contributed by atoms with E-state index < -0.39 is 12.1 Å². The molecule has 1 atom stereocenters. The quantitative estimate of drug-likeness (QED) is 0.0200. The van der Waals surface area contributed by atoms with Crippen LogP contribution in [0.15, 0.2) is 134 Å². The zero-order valence-electron chi connectivity index (χ0n) is 39.3. The maximum absolute atomic E-state index is 12.7. The van der Waals surface area contributed by atoms with Crippen molar-refractivity contribution in [2.45, 2.75) is 187 Å². The lowest BCUT2D eigenvalue weighted by atomic mass is 10.1. The molecule has 0 saturated heterocycles. The lowest BCUT2D eigenvalue weighted by Gasteiger charge is -2.18. The van der Waals surface area contributed by atoms with Crippen molar-refractivity contribution in [3.05, 3.63) is 134 Å². The van der Waals surface area contributed by atoms with E-state index in [-0.39, 0.29) is 38.0 Å². The molecule has 0 aliphatic rings. The van der Waals surface area contributed by atoms with Crippen LogP contribution in [0.3, 0.4) is 0 Å². The summed E-state index contributed by atoms with van der Waals surface area (Å²) in [5.74, 6) is -1.14. The van der Waals surface area contributed by atoms with Gasteiger partial charge in [0, 0.05) is 12.8 Å². The Balaban J connectivity index is 4.54. The Kier molecular flexibility index (Phi) is 45.7. The van der Waals surface area contributed by atoms with Crippen LogP contribution in [-0.4, -0.2) is 37.2 Å². The van der Waals surface area contributed by atoms with Gasteiger partial charge in [-0.2, -0.15) is 0 Å². The minimum absolute atomic E-state index is 0.115. The molecule has 0 aromatic carbocycles. The molecule has 0 radical (unpaired) electrons. The number of carbonyl (C=O) groups excluding carboxylic acids is 3. The standard InChI is InChI=1S/C56H86O6/c1-4-7-10-13-16-19-21-23-25-27-29-30-32-34-37-40-43-46-49-55(58)61-52-53(51-60-54(57)48-45-42-39-36-18-15-12-9-6-3)62-56(59)50-47-44-41-38-35-33-31-28-26-24-22-20-17-14-11-8-5-2/h8-9,11-12,14,17-18,20,22,24-31,33,35-36,42,45,53H,4-7,10,13,15-16,19,21,23,32,34,37-41,43-44,46-52H2,1-3H3/b11-8-,12-9-,17-14-,22-20-,26-24-,27-25-,30-29-,31-28+,35-33-,36-18-,45-42-. The molecule has 0 spiro atoms. The predicted octanol–water partition coefficient (Wildman–Crippen LogP) is 15.9. The highest BCUT2D eigenvalue weighted by Gasteiger charge is 2.19. The van der Waals surface area contributed by atoms with Gasteiger partial charge in [-0.05, 0) is 77.0 Å². The second-order valence-corrected chi connectivity index (χ2v) is 15.5. The molecule has 0 heterocycles. The van der Waals surface area contributed by atoms with Crippen molar-refractivity contribution in [1.82, 2.24) is 0 Å². The molecule has 0 aromatic rings. The van der Waals surface area contributed by atoms with Gasteiger partial charge in [-0.25, -0.2) is 0 Å². The van der Waals surface area contributed by atoms with E-state index in [1.54, 1.807) is 6.08 Å². The van der Waals surface area contributed by atoms with Crippen LogP contribution in [0.25, 0.3) is 0 Å². The highest BCUT2D eigenvalue weighted by molar-refractivity contribution is 5.72. The fourth-order valence-electron chi connectivity index (χ4n) is 5.99. The summed E-state index contributed by atoms with van der Waals surface area (Å²) in [6, 6.07) is 0. The number of hydrogen-bond acceptors (Lipinski definition) is 6. The largest absolute Gasteiger partial charge is 0.462 e. The summed E-state index contributed by atoms with van der Waals surface area (Å²) >= 11 is 0. The Morgan fingerprint density at radius 3 is 1.29 bits per heavy atom. The van der Waals surface area contributed by atoms with Gasteiger partial charge in [0.1, 0.15) is 13.2 Å². The molecule has 0 aliphatic carbocycles. The van der Waals surface area contributed by atoms with Gasteiger partial charge in [-0.1, -0.05) is 219 Å². The maximum atomic E-state index is 12.7. The molecule has 0 N–H and O–H groups in total. The first-order chi connectivity index (χ1) is 30.5. The van der Waals surface area contributed by atoms with Crippen LogP contribution >= 0.6 is 0 Å². The smallest absolute Gasteiger partial charge is 0.309 e. The van der Waals surface area contributed by atoms with E-state index in [1.165, 1.54) is 51.4 Å². The van der Waals surface area contributed by atoms with Gasteiger partial charge in [0.15, 0.2) is 6.10 Å². The Labute approximate surface area is 379 Å². The van der Waals surface area contributed by atoms with Gasteiger partial charge >= 0.3 is 17.9 Å². The third kappa shape index (κ3) is 46.6. The summed E-state index contributed by atoms with van der Waals surface area (Å²) in [5, 5.41) is 0. The van der Waals surface area contributed by atoms with E-state index >= 15 is 0 Å². The van der Waals surface area contributed by atoms with Crippen LogP contribution in [0.1, 0.15) is 181 Å². The normalized spacial score (nSPS) is 13.3. The first kappa shape index (κ1) is 57.5. The second kappa shape index (κ2) is 49.2. The molecule has 62 heavy (non-hydrogen) atoms. The maximum Gasteiger partial charge on any atom is 0.309 e. The minimum atomic E-state index is -0.847. The number of rotatable bonds is 41. The van der Waals surface area contributed by atoms with E-state index in [1.807, 2.05) is 66.8 Å². The van der Waals surface area contributed by atoms with Crippen molar-refractivity contribution in [3.63, 3.8) is 0 Å². The monoisotopic (exact) mass is 855 g/mol. The zero-order valence-corrected chi connectivity index (χ0v) is 39.3. The average molecular weight is 855 g/mol. The van der Waals surface area contributed by atoms with E-state index in [4.69, 9.17) is 14.2 Å². The zero-order chi connectivity index (χ0) is 45.1. The van der Waals surface area contributed by atoms with Gasteiger partial charge in [0.2, 0.25) is 0 Å². The molecule has 0 aliphatic heterocycles. The first-order valence-electron chi connectivity index (χ1n) is 24.3. The van der Waals surface area contributed by atoms with Crippen molar-refractivity contribution >= 4 is 17.9 Å². The number of unbranched alkanes of at least 4 members (excludes halogenated alkanes) is 15. The van der Waals surface area contributed by atoms with Crippen molar-refractivity contribution in [2.75, 3.05) is 13.2 Å². The molecule has 0 amide bonds. The molecule has 6 nitrogen and oxygen atoms in total. The SMILES string of the molecule is CC\C=C/C=C\C=C/C=C\C=C\C=C/CCCCCC(=O)OC(COC(=O)C/C=C\C/C=C\C/C=C\CC)COC(=O)CCCCCCC/C=C\C=C/CCCCCCCCC. The summed E-state index contributed by atoms with van der Waals surface area (Å²) in [6.45, 7) is 6.19. The molecule has 0 fully saturated rings. The Bertz CT molecular complexity index is 1400. The molecule has 0 rings (SSSR count). The fourth-order valence-corrected chi connectivity index (χ4v) is 5.99. The summed E-state index contributed by atoms with van der Waals surface area (Å²) in [6.07, 6.45) is 69.0. The van der Waals surface area contributed by atoms with Crippen molar-refractivity contribution in [2.24, 2.45) is 0 Å². The molecule has 346 valence electrons. The molecule has 0 aromatic heterocycles. The predicted molar refractivity (Wildman–Crippen MR) is 265 cm³/mol. The molecule has 1 unspecified atom stereocenters. The summed E-state index contributed by atoms with van der Waals surface area (Å²) < 4.78 is 16.6. The highest BCUT2D eigenvalue weighted by Crippen LogP contribution is 2.12. The Morgan fingerprint density at radius 2 is 0.758 bits per heavy atom. The number of ether oxygens (including phenoxy) is 3. The van der Waals surface area contributed by atoms with Crippen LogP contribution < -0.4 is 0 Å². The lowest BCUT2D eigenvalue weighted by molar-refractivity contribution is -0.166. The summed E-state index contributed by atoms with van der Waals surface area (Å²) in [5.41, 5.74) is 0. The Morgan fingerprint density at radius 1 is 0.371 bits per heavy atom. The van der Waals surface area contributed by atoms with Crippen LogP contribution in [-0.2, 0) is 28.6 Å². The molecular weight excluding hydrogens is 769 g/mol. The fraction of sp³-hybridized carbons (Fsp3) is 0.554. The van der Waals surface area contributed by atoms with Gasteiger partial charge in [0.05, 0.1) is 6.42 Å². The van der Waals surface area contributed by atoms with Gasteiger partial charge in [-0.15, -0.1) is 0 Å². The van der Waals surface area contributed by atoms with Crippen molar-refractivity contribution < 1.29 is 28.6 Å². The topological polar surface area (TPSA) is 78.9 Å². The van der Waals surface area contributed by atoms with Gasteiger partial charge in [0.25, 0.3) is 0 Å². The minimum Gasteiger partial charge on any atom is -0.462 e. The number of esters is 3. The number of hydrogen-bond donors (Lipinski definition) is 0. The number of allylic oxidation sites excluding steroid dienone is 21. The highest BCUT2D eigenvalue weighted by atomic mass is 16.6. The van der Waals surface area contributed by atoms with Crippen LogP contribution in [0, 0.1) is 0 Å². The van der Waals surface area contributed by atoms with Gasteiger partial charge in [-0.3, -0.25) is 14.4 Å². The summed E-state index contributed by atoms with van der Waals surface area (Å²) in [7, 11) is 0. The lowest BCUT2D eigenvalue weighted by Crippen LogP contribution is -2.30. The van der Waals surface area contributed by atoms with Gasteiger partial charge < -0.3 is 14.2 Å². The average Bonchev–Trinajstić information content (AvgIpc) is 3.27. The second-order valence-electron chi connectivity index (χ2n) is 15.5. The van der Waals surface area contributed by atoms with E-state index in [0.717, 1.165) is 83.5 Å². The van der Waals surface area contributed by atoms with Crippen LogP contribution in [0.5, 0.6) is 0 Å². The summed E-state index contributed by atoms with van der Waals surface area (Å²) in [4.78, 5) is 37.7. The third-order valence-electron chi connectivity index (χ3n) is 9.59. The first-order valence-corrected chi connectivity index (χ1v) is 24.3. The molecule has 0 bridgehead atoms. The Hall–Kier alpha value is -4.45. The third-order valence-corrected chi connectivity index (χ3v) is 9.59. The van der Waals surface area contributed by atoms with E-state index in [0.29, 0.717) is 12.8 Å². The van der Waals surface area contributed by atoms with Crippen LogP contribution in [0.2, 0.25) is 0 Å².